The molecule has 0 fully saturated rings. The van der Waals surface area contributed by atoms with Crippen LogP contribution in [0.4, 0.5) is 4.39 Å². The minimum Gasteiger partial charge on any atom is -0.224 e. The summed E-state index contributed by atoms with van der Waals surface area (Å²) in [5.41, 5.74) is 2.03. The van der Waals surface area contributed by atoms with Gasteiger partial charge in [0.1, 0.15) is 0 Å². The van der Waals surface area contributed by atoms with Gasteiger partial charge in [0.25, 0.3) is 0 Å². The van der Waals surface area contributed by atoms with Crippen molar-refractivity contribution in [3.63, 3.8) is 0 Å². The van der Waals surface area contributed by atoms with Crippen molar-refractivity contribution in [1.82, 2.24) is 4.98 Å². The van der Waals surface area contributed by atoms with Gasteiger partial charge in [-0.1, -0.05) is 33.8 Å². The van der Waals surface area contributed by atoms with Gasteiger partial charge in [0, 0.05) is 5.69 Å². The summed E-state index contributed by atoms with van der Waals surface area (Å²) < 4.78 is 12.9. The van der Waals surface area contributed by atoms with E-state index in [2.05, 4.69) is 18.8 Å². The van der Waals surface area contributed by atoms with Crippen LogP contribution < -0.4 is 0 Å². The minimum atomic E-state index is -0.381. The number of halogens is 1. The van der Waals surface area contributed by atoms with Gasteiger partial charge < -0.3 is 0 Å². The summed E-state index contributed by atoms with van der Waals surface area (Å²) in [5, 5.41) is 0. The maximum Gasteiger partial charge on any atom is 0.213 e. The second-order valence-electron chi connectivity index (χ2n) is 3.92. The van der Waals surface area contributed by atoms with Crippen molar-refractivity contribution in [3.8, 4) is 0 Å². The number of rotatable bonds is 2. The van der Waals surface area contributed by atoms with E-state index in [0.717, 1.165) is 11.3 Å². The Labute approximate surface area is 79.0 Å². The lowest BCUT2D eigenvalue weighted by Crippen LogP contribution is -2.03. The van der Waals surface area contributed by atoms with E-state index in [-0.39, 0.29) is 11.9 Å². The van der Waals surface area contributed by atoms with Crippen LogP contribution in [-0.4, -0.2) is 4.98 Å². The number of hydrogen-bond acceptors (Lipinski definition) is 1. The van der Waals surface area contributed by atoms with Crippen molar-refractivity contribution < 1.29 is 4.39 Å². The van der Waals surface area contributed by atoms with Crippen molar-refractivity contribution in [2.75, 3.05) is 0 Å². The quantitative estimate of drug-likeness (QED) is 0.637. The predicted octanol–water partition coefficient (Wildman–Crippen LogP) is 3.47. The molecule has 2 heteroatoms. The van der Waals surface area contributed by atoms with Crippen molar-refractivity contribution in [3.05, 3.63) is 29.3 Å². The highest BCUT2D eigenvalue weighted by molar-refractivity contribution is 5.25. The molecule has 0 aliphatic rings. The standard InChI is InChI=1S/C11H16FN/c1-7(2)9-5-6-10(12)13-11(9)8(3)4/h5-8H,1-4H3. The van der Waals surface area contributed by atoms with E-state index in [1.54, 1.807) is 0 Å². The van der Waals surface area contributed by atoms with Crippen molar-refractivity contribution >= 4 is 0 Å². The Bertz CT molecular complexity index is 292. The molecule has 0 atom stereocenters. The normalized spacial score (nSPS) is 11.3. The first-order valence-electron chi connectivity index (χ1n) is 4.68. The zero-order valence-electron chi connectivity index (χ0n) is 8.63. The maximum atomic E-state index is 12.9. The Morgan fingerprint density at radius 3 is 2.15 bits per heavy atom. The second-order valence-corrected chi connectivity index (χ2v) is 3.92. The van der Waals surface area contributed by atoms with Gasteiger partial charge in [-0.15, -0.1) is 0 Å². The topological polar surface area (TPSA) is 12.9 Å². The van der Waals surface area contributed by atoms with Gasteiger partial charge >= 0.3 is 0 Å². The summed E-state index contributed by atoms with van der Waals surface area (Å²) in [5.74, 6) is 0.312. The average Bonchev–Trinajstić information content (AvgIpc) is 2.03. The van der Waals surface area contributed by atoms with Crippen LogP contribution in [0.3, 0.4) is 0 Å². The maximum absolute atomic E-state index is 12.9. The first-order valence-corrected chi connectivity index (χ1v) is 4.68. The molecule has 0 radical (unpaired) electrons. The molecule has 0 unspecified atom stereocenters. The molecule has 0 bridgehead atoms. The van der Waals surface area contributed by atoms with Gasteiger partial charge in [0.15, 0.2) is 0 Å². The molecule has 0 amide bonds. The first kappa shape index (κ1) is 10.2. The van der Waals surface area contributed by atoms with Crippen LogP contribution in [0.5, 0.6) is 0 Å². The van der Waals surface area contributed by atoms with Crippen LogP contribution >= 0.6 is 0 Å². The van der Waals surface area contributed by atoms with Crippen LogP contribution in [0.1, 0.15) is 50.8 Å². The van der Waals surface area contributed by atoms with E-state index < -0.39 is 0 Å². The zero-order valence-corrected chi connectivity index (χ0v) is 8.63. The largest absolute Gasteiger partial charge is 0.224 e. The Kier molecular flexibility index (Phi) is 3.02. The van der Waals surface area contributed by atoms with Crippen LogP contribution in [0.25, 0.3) is 0 Å². The molecule has 0 saturated carbocycles. The molecule has 1 nitrogen and oxygen atoms in total. The Balaban J connectivity index is 3.19. The number of aromatic nitrogens is 1. The fraction of sp³-hybridized carbons (Fsp3) is 0.545. The summed E-state index contributed by atoms with van der Waals surface area (Å²) in [7, 11) is 0. The van der Waals surface area contributed by atoms with Gasteiger partial charge in [0.05, 0.1) is 0 Å². The van der Waals surface area contributed by atoms with Gasteiger partial charge in [-0.05, 0) is 23.5 Å². The Morgan fingerprint density at radius 2 is 1.69 bits per heavy atom. The van der Waals surface area contributed by atoms with E-state index in [1.807, 2.05) is 19.9 Å². The van der Waals surface area contributed by atoms with Gasteiger partial charge in [-0.25, -0.2) is 4.98 Å². The molecule has 0 aliphatic heterocycles. The molecule has 13 heavy (non-hydrogen) atoms. The molecule has 0 N–H and O–H groups in total. The van der Waals surface area contributed by atoms with Crippen LogP contribution in [0, 0.1) is 5.95 Å². The lowest BCUT2D eigenvalue weighted by atomic mass is 9.96. The summed E-state index contributed by atoms with van der Waals surface area (Å²) >= 11 is 0. The number of pyridine rings is 1. The second kappa shape index (κ2) is 3.86. The van der Waals surface area contributed by atoms with Crippen LogP contribution in [0.15, 0.2) is 12.1 Å². The molecule has 1 aromatic rings. The van der Waals surface area contributed by atoms with Gasteiger partial charge in [0.2, 0.25) is 5.95 Å². The third-order valence-electron chi connectivity index (χ3n) is 2.09. The molecule has 0 aromatic carbocycles. The van der Waals surface area contributed by atoms with E-state index >= 15 is 0 Å². The SMILES string of the molecule is CC(C)c1ccc(F)nc1C(C)C. The summed E-state index contributed by atoms with van der Waals surface area (Å²) in [6.45, 7) is 8.27. The predicted molar refractivity (Wildman–Crippen MR) is 52.4 cm³/mol. The molecule has 0 aliphatic carbocycles. The average molecular weight is 181 g/mol. The minimum absolute atomic E-state index is 0.285. The van der Waals surface area contributed by atoms with E-state index in [9.17, 15) is 4.39 Å². The number of hydrogen-bond donors (Lipinski definition) is 0. The van der Waals surface area contributed by atoms with E-state index in [0.29, 0.717) is 5.92 Å². The van der Waals surface area contributed by atoms with E-state index in [4.69, 9.17) is 0 Å². The molecular weight excluding hydrogens is 165 g/mol. The van der Waals surface area contributed by atoms with Crippen LogP contribution in [0.2, 0.25) is 0 Å². The third kappa shape index (κ3) is 2.27. The summed E-state index contributed by atoms with van der Waals surface area (Å²) in [4.78, 5) is 3.93. The molecule has 1 heterocycles. The molecule has 0 saturated heterocycles. The lowest BCUT2D eigenvalue weighted by molar-refractivity contribution is 0.566. The highest BCUT2D eigenvalue weighted by atomic mass is 19.1. The van der Waals surface area contributed by atoms with Crippen molar-refractivity contribution in [2.24, 2.45) is 0 Å². The van der Waals surface area contributed by atoms with Gasteiger partial charge in [-0.3, -0.25) is 0 Å². The fourth-order valence-electron chi connectivity index (χ4n) is 1.41. The Morgan fingerprint density at radius 1 is 1.08 bits per heavy atom. The smallest absolute Gasteiger partial charge is 0.213 e. The molecule has 1 aromatic heterocycles. The fourth-order valence-corrected chi connectivity index (χ4v) is 1.41. The lowest BCUT2D eigenvalue weighted by Gasteiger charge is -2.13. The summed E-state index contributed by atoms with van der Waals surface area (Å²) in [6.07, 6.45) is 0. The molecule has 72 valence electrons. The highest BCUT2D eigenvalue weighted by Gasteiger charge is 2.11. The monoisotopic (exact) mass is 181 g/mol. The highest BCUT2D eigenvalue weighted by Crippen LogP contribution is 2.24. The molecule has 1 rings (SSSR count). The molecular formula is C11H16FN. The molecule has 0 spiro atoms. The zero-order chi connectivity index (χ0) is 10.0. The Hall–Kier alpha value is -0.920. The third-order valence-corrected chi connectivity index (χ3v) is 2.09. The van der Waals surface area contributed by atoms with E-state index in [1.165, 1.54) is 6.07 Å². The van der Waals surface area contributed by atoms with Gasteiger partial charge in [-0.2, -0.15) is 4.39 Å². The van der Waals surface area contributed by atoms with Crippen LogP contribution in [-0.2, 0) is 0 Å². The van der Waals surface area contributed by atoms with Crippen molar-refractivity contribution in [1.29, 1.82) is 0 Å². The van der Waals surface area contributed by atoms with Crippen molar-refractivity contribution in [2.45, 2.75) is 39.5 Å². The number of nitrogens with zero attached hydrogens (tertiary/aromatic N) is 1. The summed E-state index contributed by atoms with van der Waals surface area (Å²) in [6, 6.07) is 3.27. The first-order chi connectivity index (χ1) is 6.02.